The van der Waals surface area contributed by atoms with Gasteiger partial charge in [-0.25, -0.2) is 0 Å². The summed E-state index contributed by atoms with van der Waals surface area (Å²) in [4.78, 5) is 25.1. The topological polar surface area (TPSA) is 88.0 Å². The second kappa shape index (κ2) is 4.76. The molecule has 5 nitrogen and oxygen atoms in total. The number of aromatic nitrogens is 1. The molecular formula is C14H17N3O2. The number of aromatic amines is 1. The van der Waals surface area contributed by atoms with Crippen molar-refractivity contribution in [3.8, 4) is 0 Å². The first kappa shape index (κ1) is 13.1. The SMILES string of the molecule is CC(C)(CNC(=O)C(N)=O)c1c[nH]c2ccccc12. The van der Waals surface area contributed by atoms with Gasteiger partial charge < -0.3 is 16.0 Å². The fraction of sp³-hybridized carbons (Fsp3) is 0.286. The summed E-state index contributed by atoms with van der Waals surface area (Å²) in [5.74, 6) is -1.72. The van der Waals surface area contributed by atoms with Crippen molar-refractivity contribution in [1.29, 1.82) is 0 Å². The van der Waals surface area contributed by atoms with Gasteiger partial charge in [-0.05, 0) is 11.6 Å². The average Bonchev–Trinajstić information content (AvgIpc) is 2.80. The first-order valence-electron chi connectivity index (χ1n) is 6.06. The third-order valence-electron chi connectivity index (χ3n) is 3.23. The van der Waals surface area contributed by atoms with Crippen LogP contribution >= 0.6 is 0 Å². The van der Waals surface area contributed by atoms with E-state index in [9.17, 15) is 9.59 Å². The van der Waals surface area contributed by atoms with Gasteiger partial charge in [-0.2, -0.15) is 0 Å². The van der Waals surface area contributed by atoms with Gasteiger partial charge in [0.05, 0.1) is 0 Å². The van der Waals surface area contributed by atoms with Crippen LogP contribution in [-0.4, -0.2) is 23.3 Å². The van der Waals surface area contributed by atoms with Crippen molar-refractivity contribution in [2.75, 3.05) is 6.54 Å². The molecule has 5 heteroatoms. The Labute approximate surface area is 111 Å². The first-order valence-corrected chi connectivity index (χ1v) is 6.06. The van der Waals surface area contributed by atoms with E-state index < -0.39 is 11.8 Å². The molecule has 0 atom stereocenters. The zero-order chi connectivity index (χ0) is 14.0. The van der Waals surface area contributed by atoms with Crippen LogP contribution in [0.5, 0.6) is 0 Å². The first-order chi connectivity index (χ1) is 8.92. The van der Waals surface area contributed by atoms with Crippen molar-refractivity contribution in [2.45, 2.75) is 19.3 Å². The zero-order valence-electron chi connectivity index (χ0n) is 11.0. The monoisotopic (exact) mass is 259 g/mol. The van der Waals surface area contributed by atoms with Crippen molar-refractivity contribution in [1.82, 2.24) is 10.3 Å². The number of hydrogen-bond donors (Lipinski definition) is 3. The molecule has 2 aromatic rings. The second-order valence-electron chi connectivity index (χ2n) is 5.18. The standard InChI is InChI=1S/C14H17N3O2/c1-14(2,8-17-13(19)12(15)18)10-7-16-11-6-4-3-5-9(10)11/h3-7,16H,8H2,1-2H3,(H2,15,18)(H,17,19). The van der Waals surface area contributed by atoms with Crippen LogP contribution in [0.3, 0.4) is 0 Å². The highest BCUT2D eigenvalue weighted by atomic mass is 16.2. The molecule has 0 saturated carbocycles. The molecule has 0 fully saturated rings. The van der Waals surface area contributed by atoms with Crippen molar-refractivity contribution in [3.63, 3.8) is 0 Å². The van der Waals surface area contributed by atoms with E-state index in [0.29, 0.717) is 6.54 Å². The summed E-state index contributed by atoms with van der Waals surface area (Å²) in [5, 5.41) is 3.66. The Bertz CT molecular complexity index is 628. The highest BCUT2D eigenvalue weighted by Crippen LogP contribution is 2.29. The van der Waals surface area contributed by atoms with Crippen molar-refractivity contribution < 1.29 is 9.59 Å². The fourth-order valence-electron chi connectivity index (χ4n) is 2.12. The number of nitrogens with one attached hydrogen (secondary N) is 2. The molecular weight excluding hydrogens is 242 g/mol. The third kappa shape index (κ3) is 2.59. The van der Waals surface area contributed by atoms with E-state index in [4.69, 9.17) is 5.73 Å². The molecule has 0 spiro atoms. The number of carbonyl (C=O) groups excluding carboxylic acids is 2. The predicted octanol–water partition coefficient (Wildman–Crippen LogP) is 1.05. The van der Waals surface area contributed by atoms with Gasteiger partial charge in [0.2, 0.25) is 0 Å². The lowest BCUT2D eigenvalue weighted by molar-refractivity contribution is -0.137. The Morgan fingerprint density at radius 2 is 2.00 bits per heavy atom. The molecule has 0 saturated heterocycles. The summed E-state index contributed by atoms with van der Waals surface area (Å²) in [6.07, 6.45) is 1.93. The number of para-hydroxylation sites is 1. The molecule has 0 unspecified atom stereocenters. The molecule has 0 aliphatic carbocycles. The van der Waals surface area contributed by atoms with Crippen LogP contribution in [0.1, 0.15) is 19.4 Å². The van der Waals surface area contributed by atoms with Crippen LogP contribution < -0.4 is 11.1 Å². The van der Waals surface area contributed by atoms with E-state index in [1.54, 1.807) is 0 Å². The minimum absolute atomic E-state index is 0.301. The van der Waals surface area contributed by atoms with E-state index in [1.165, 1.54) is 0 Å². The maximum atomic E-state index is 11.2. The number of H-pyrrole nitrogens is 1. The molecule has 1 aromatic carbocycles. The van der Waals surface area contributed by atoms with E-state index in [0.717, 1.165) is 16.5 Å². The Balaban J connectivity index is 2.24. The number of carbonyl (C=O) groups is 2. The van der Waals surface area contributed by atoms with Crippen LogP contribution in [0, 0.1) is 0 Å². The van der Waals surface area contributed by atoms with Crippen LogP contribution in [0.4, 0.5) is 0 Å². The van der Waals surface area contributed by atoms with Gasteiger partial charge >= 0.3 is 11.8 Å². The maximum absolute atomic E-state index is 11.2. The lowest BCUT2D eigenvalue weighted by atomic mass is 9.84. The minimum Gasteiger partial charge on any atom is -0.361 e. The summed E-state index contributed by atoms with van der Waals surface area (Å²) in [7, 11) is 0. The normalized spacial score (nSPS) is 11.5. The summed E-state index contributed by atoms with van der Waals surface area (Å²) >= 11 is 0. The molecule has 100 valence electrons. The number of hydrogen-bond acceptors (Lipinski definition) is 2. The molecule has 2 amide bonds. The Morgan fingerprint density at radius 1 is 1.32 bits per heavy atom. The van der Waals surface area contributed by atoms with Gasteiger partial charge in [-0.15, -0.1) is 0 Å². The average molecular weight is 259 g/mol. The summed E-state index contributed by atoms with van der Waals surface area (Å²) in [6, 6.07) is 7.96. The van der Waals surface area contributed by atoms with E-state index in [-0.39, 0.29) is 5.41 Å². The van der Waals surface area contributed by atoms with Gasteiger partial charge in [-0.3, -0.25) is 9.59 Å². The fourth-order valence-corrected chi connectivity index (χ4v) is 2.12. The Morgan fingerprint density at radius 3 is 2.68 bits per heavy atom. The van der Waals surface area contributed by atoms with Gasteiger partial charge in [0.15, 0.2) is 0 Å². The number of benzene rings is 1. The predicted molar refractivity (Wildman–Crippen MR) is 73.5 cm³/mol. The molecule has 2 rings (SSSR count). The van der Waals surface area contributed by atoms with Crippen LogP contribution in [0.15, 0.2) is 30.5 Å². The highest BCUT2D eigenvalue weighted by molar-refractivity contribution is 6.34. The lowest BCUT2D eigenvalue weighted by Gasteiger charge is -2.24. The molecule has 0 aliphatic rings. The molecule has 0 aliphatic heterocycles. The van der Waals surface area contributed by atoms with Crippen LogP contribution in [-0.2, 0) is 15.0 Å². The highest BCUT2D eigenvalue weighted by Gasteiger charge is 2.25. The van der Waals surface area contributed by atoms with Crippen LogP contribution in [0.25, 0.3) is 10.9 Å². The minimum atomic E-state index is -0.963. The smallest absolute Gasteiger partial charge is 0.309 e. The summed E-state index contributed by atoms with van der Waals surface area (Å²) in [6.45, 7) is 4.35. The Hall–Kier alpha value is -2.30. The van der Waals surface area contributed by atoms with E-state index in [2.05, 4.69) is 10.3 Å². The summed E-state index contributed by atoms with van der Waals surface area (Å²) in [5.41, 5.74) is 6.76. The number of fused-ring (bicyclic) bond motifs is 1. The molecule has 19 heavy (non-hydrogen) atoms. The lowest BCUT2D eigenvalue weighted by Crippen LogP contribution is -2.42. The Kier molecular flexibility index (Phi) is 3.29. The van der Waals surface area contributed by atoms with Gasteiger partial charge in [0.1, 0.15) is 0 Å². The van der Waals surface area contributed by atoms with Crippen LogP contribution in [0.2, 0.25) is 0 Å². The van der Waals surface area contributed by atoms with Crippen molar-refractivity contribution >= 4 is 22.7 Å². The molecule has 0 bridgehead atoms. The maximum Gasteiger partial charge on any atom is 0.309 e. The number of primary amides is 1. The van der Waals surface area contributed by atoms with Crippen molar-refractivity contribution in [3.05, 3.63) is 36.0 Å². The molecule has 0 radical (unpaired) electrons. The quantitative estimate of drug-likeness (QED) is 0.719. The van der Waals surface area contributed by atoms with E-state index in [1.807, 2.05) is 44.3 Å². The number of rotatable bonds is 3. The second-order valence-corrected chi connectivity index (χ2v) is 5.18. The van der Waals surface area contributed by atoms with E-state index >= 15 is 0 Å². The summed E-state index contributed by atoms with van der Waals surface area (Å²) < 4.78 is 0. The zero-order valence-corrected chi connectivity index (χ0v) is 11.0. The van der Waals surface area contributed by atoms with Gasteiger partial charge in [0.25, 0.3) is 0 Å². The molecule has 1 aromatic heterocycles. The van der Waals surface area contributed by atoms with Crippen molar-refractivity contribution in [2.24, 2.45) is 5.73 Å². The largest absolute Gasteiger partial charge is 0.361 e. The number of amides is 2. The number of nitrogens with two attached hydrogens (primary N) is 1. The molecule has 1 heterocycles. The van der Waals surface area contributed by atoms with Gasteiger partial charge in [-0.1, -0.05) is 32.0 Å². The van der Waals surface area contributed by atoms with Gasteiger partial charge in [0, 0.05) is 29.1 Å². The molecule has 4 N–H and O–H groups in total. The third-order valence-corrected chi connectivity index (χ3v) is 3.23.